The van der Waals surface area contributed by atoms with Gasteiger partial charge in [0, 0.05) is 23.9 Å². The van der Waals surface area contributed by atoms with Gasteiger partial charge in [0.2, 0.25) is 11.8 Å². The molecule has 1 saturated heterocycles. The summed E-state index contributed by atoms with van der Waals surface area (Å²) in [6.45, 7) is 2.05. The molecule has 126 valence electrons. The van der Waals surface area contributed by atoms with Crippen LogP contribution >= 0.6 is 11.6 Å². The summed E-state index contributed by atoms with van der Waals surface area (Å²) in [6, 6.07) is 7.30. The lowest BCUT2D eigenvalue weighted by molar-refractivity contribution is -0.134. The second kappa shape index (κ2) is 5.86. The number of carbonyl (C=O) groups excluding carboxylic acids is 1. The molecule has 0 bridgehead atoms. The highest BCUT2D eigenvalue weighted by molar-refractivity contribution is 6.30. The van der Waals surface area contributed by atoms with Crippen molar-refractivity contribution >= 4 is 17.5 Å². The van der Waals surface area contributed by atoms with Crippen molar-refractivity contribution in [3.05, 3.63) is 46.6 Å². The maximum atomic E-state index is 12.9. The Morgan fingerprint density at radius 3 is 2.75 bits per heavy atom. The molecule has 0 unspecified atom stereocenters. The van der Waals surface area contributed by atoms with Gasteiger partial charge in [0.1, 0.15) is 6.04 Å². The standard InChI is InChI=1S/C17H18ClN3O3/c1-9-19-16(24-20-9)15-6-12(22)8-21(15)17(23)14-7-13(14)10-2-4-11(18)5-3-10/h2-5,12-15,22H,6-8H2,1H3/t12-,13+,14+,15-/m1/s1. The van der Waals surface area contributed by atoms with E-state index in [0.717, 1.165) is 12.0 Å². The van der Waals surface area contributed by atoms with Crippen molar-refractivity contribution in [2.75, 3.05) is 6.54 Å². The molecule has 1 amide bonds. The number of aliphatic hydroxyl groups is 1. The topological polar surface area (TPSA) is 79.5 Å². The lowest BCUT2D eigenvalue weighted by Gasteiger charge is -2.21. The third-order valence-electron chi connectivity index (χ3n) is 4.80. The molecular weight excluding hydrogens is 330 g/mol. The highest BCUT2D eigenvalue weighted by Gasteiger charge is 2.49. The number of aromatic nitrogens is 2. The number of hydrogen-bond donors (Lipinski definition) is 1. The summed E-state index contributed by atoms with van der Waals surface area (Å²) in [6.07, 6.45) is 0.702. The zero-order chi connectivity index (χ0) is 16.8. The van der Waals surface area contributed by atoms with Crippen molar-refractivity contribution in [3.8, 4) is 0 Å². The predicted octanol–water partition coefficient (Wildman–Crippen LogP) is 2.47. The fourth-order valence-electron chi connectivity index (χ4n) is 3.50. The van der Waals surface area contributed by atoms with Crippen molar-refractivity contribution < 1.29 is 14.4 Å². The van der Waals surface area contributed by atoms with Gasteiger partial charge in [0.25, 0.3) is 0 Å². The van der Waals surface area contributed by atoms with Gasteiger partial charge in [0.05, 0.1) is 6.10 Å². The first-order valence-corrected chi connectivity index (χ1v) is 8.45. The molecule has 6 nitrogen and oxygen atoms in total. The quantitative estimate of drug-likeness (QED) is 0.922. The highest BCUT2D eigenvalue weighted by Crippen LogP contribution is 2.50. The van der Waals surface area contributed by atoms with Crippen LogP contribution < -0.4 is 0 Å². The summed E-state index contributed by atoms with van der Waals surface area (Å²) in [5.41, 5.74) is 1.13. The number of amides is 1. The first kappa shape index (κ1) is 15.6. The fraction of sp³-hybridized carbons (Fsp3) is 0.471. The summed E-state index contributed by atoms with van der Waals surface area (Å²) in [5.74, 6) is 1.15. The summed E-state index contributed by atoms with van der Waals surface area (Å²) < 4.78 is 5.22. The van der Waals surface area contributed by atoms with E-state index in [9.17, 15) is 9.90 Å². The van der Waals surface area contributed by atoms with Crippen molar-refractivity contribution in [2.45, 2.75) is 37.8 Å². The van der Waals surface area contributed by atoms with Gasteiger partial charge in [-0.1, -0.05) is 28.9 Å². The van der Waals surface area contributed by atoms with Gasteiger partial charge >= 0.3 is 0 Å². The number of β-amino-alcohol motifs (C(OH)–C–C–N with tert-alkyl or cyclic N) is 1. The van der Waals surface area contributed by atoms with E-state index >= 15 is 0 Å². The van der Waals surface area contributed by atoms with E-state index < -0.39 is 6.10 Å². The van der Waals surface area contributed by atoms with Crippen LogP contribution in [0.1, 0.15) is 42.1 Å². The molecule has 0 spiro atoms. The Kier molecular flexibility index (Phi) is 3.81. The molecule has 7 heteroatoms. The number of hydrogen-bond acceptors (Lipinski definition) is 5. The SMILES string of the molecule is Cc1noc([C@H]2C[C@@H](O)CN2C(=O)[C@H]2C[C@H]2c2ccc(Cl)cc2)n1. The van der Waals surface area contributed by atoms with Gasteiger partial charge in [0.15, 0.2) is 5.82 Å². The van der Waals surface area contributed by atoms with E-state index in [-0.39, 0.29) is 23.8 Å². The minimum atomic E-state index is -0.557. The maximum Gasteiger partial charge on any atom is 0.249 e. The van der Waals surface area contributed by atoms with Gasteiger partial charge in [-0.2, -0.15) is 4.98 Å². The smallest absolute Gasteiger partial charge is 0.249 e. The second-order valence-corrected chi connectivity index (χ2v) is 7.01. The third-order valence-corrected chi connectivity index (χ3v) is 5.05. The Labute approximate surface area is 144 Å². The van der Waals surface area contributed by atoms with E-state index in [4.69, 9.17) is 16.1 Å². The molecule has 1 saturated carbocycles. The van der Waals surface area contributed by atoms with Crippen molar-refractivity contribution in [1.29, 1.82) is 0 Å². The normalized spacial score (nSPS) is 29.0. The average molecular weight is 348 g/mol. The highest BCUT2D eigenvalue weighted by atomic mass is 35.5. The third kappa shape index (κ3) is 2.80. The van der Waals surface area contributed by atoms with Gasteiger partial charge in [-0.3, -0.25) is 4.79 Å². The first-order valence-electron chi connectivity index (χ1n) is 8.07. The minimum absolute atomic E-state index is 0.0485. The molecule has 1 aliphatic carbocycles. The average Bonchev–Trinajstić information content (AvgIpc) is 3.09. The van der Waals surface area contributed by atoms with E-state index in [1.165, 1.54) is 0 Å². The fourth-order valence-corrected chi connectivity index (χ4v) is 3.63. The van der Waals surface area contributed by atoms with Crippen LogP contribution in [0.5, 0.6) is 0 Å². The number of aryl methyl sites for hydroxylation is 1. The van der Waals surface area contributed by atoms with Crippen molar-refractivity contribution in [2.24, 2.45) is 5.92 Å². The molecule has 1 aliphatic heterocycles. The largest absolute Gasteiger partial charge is 0.391 e. The van der Waals surface area contributed by atoms with Gasteiger partial charge in [-0.05, 0) is 37.0 Å². The van der Waals surface area contributed by atoms with Gasteiger partial charge in [-0.25, -0.2) is 0 Å². The first-order chi connectivity index (χ1) is 11.5. The van der Waals surface area contributed by atoms with Crippen LogP contribution in [0, 0.1) is 12.8 Å². The number of likely N-dealkylation sites (tertiary alicyclic amines) is 1. The molecule has 0 radical (unpaired) electrons. The second-order valence-electron chi connectivity index (χ2n) is 6.58. The molecule has 2 heterocycles. The minimum Gasteiger partial charge on any atom is -0.391 e. The Bertz CT molecular complexity index is 761. The Morgan fingerprint density at radius 1 is 1.33 bits per heavy atom. The number of aliphatic hydroxyl groups excluding tert-OH is 1. The zero-order valence-electron chi connectivity index (χ0n) is 13.2. The summed E-state index contributed by atoms with van der Waals surface area (Å²) in [7, 11) is 0. The number of nitrogens with zero attached hydrogens (tertiary/aromatic N) is 3. The van der Waals surface area contributed by atoms with Crippen molar-refractivity contribution in [3.63, 3.8) is 0 Å². The molecule has 2 fully saturated rings. The molecule has 2 aliphatic rings. The van der Waals surface area contributed by atoms with Crippen molar-refractivity contribution in [1.82, 2.24) is 15.0 Å². The van der Waals surface area contributed by atoms with Crippen LogP contribution in [0.15, 0.2) is 28.8 Å². The van der Waals surface area contributed by atoms with Gasteiger partial charge < -0.3 is 14.5 Å². The van der Waals surface area contributed by atoms with Crippen LogP contribution in [-0.2, 0) is 4.79 Å². The molecule has 1 aromatic carbocycles. The lowest BCUT2D eigenvalue weighted by atomic mass is 10.1. The summed E-state index contributed by atoms with van der Waals surface area (Å²) >= 11 is 5.92. The van der Waals surface area contributed by atoms with Crippen LogP contribution in [0.3, 0.4) is 0 Å². The molecule has 4 rings (SSSR count). The summed E-state index contributed by atoms with van der Waals surface area (Å²) in [4.78, 5) is 18.8. The number of carbonyl (C=O) groups is 1. The Hall–Kier alpha value is -1.92. The van der Waals surface area contributed by atoms with Crippen LogP contribution in [-0.4, -0.2) is 38.7 Å². The van der Waals surface area contributed by atoms with Gasteiger partial charge in [-0.15, -0.1) is 0 Å². The number of benzene rings is 1. The van der Waals surface area contributed by atoms with Crippen LogP contribution in [0.25, 0.3) is 0 Å². The number of halogens is 1. The monoisotopic (exact) mass is 347 g/mol. The molecule has 24 heavy (non-hydrogen) atoms. The van der Waals surface area contributed by atoms with E-state index in [1.54, 1.807) is 11.8 Å². The van der Waals surface area contributed by atoms with E-state index in [0.29, 0.717) is 29.7 Å². The predicted molar refractivity (Wildman–Crippen MR) is 86.4 cm³/mol. The molecular formula is C17H18ClN3O3. The Balaban J connectivity index is 1.50. The number of rotatable bonds is 3. The molecule has 2 aromatic rings. The Morgan fingerprint density at radius 2 is 2.08 bits per heavy atom. The van der Waals surface area contributed by atoms with Crippen LogP contribution in [0.2, 0.25) is 5.02 Å². The molecule has 4 atom stereocenters. The molecule has 1 aromatic heterocycles. The molecule has 1 N–H and O–H groups in total. The maximum absolute atomic E-state index is 12.9. The lowest BCUT2D eigenvalue weighted by Crippen LogP contribution is -2.33. The zero-order valence-corrected chi connectivity index (χ0v) is 14.0. The summed E-state index contributed by atoms with van der Waals surface area (Å²) in [5, 5.41) is 14.5. The van der Waals surface area contributed by atoms with E-state index in [2.05, 4.69) is 10.1 Å². The van der Waals surface area contributed by atoms with Crippen LogP contribution in [0.4, 0.5) is 0 Å². The van der Waals surface area contributed by atoms with E-state index in [1.807, 2.05) is 24.3 Å².